The summed E-state index contributed by atoms with van der Waals surface area (Å²) in [5.41, 5.74) is 0.529. The molecule has 0 unspecified atom stereocenters. The van der Waals surface area contributed by atoms with Crippen LogP contribution in [0, 0.1) is 0 Å². The Morgan fingerprint density at radius 3 is 2.68 bits per heavy atom. The van der Waals surface area contributed by atoms with Gasteiger partial charge in [0.1, 0.15) is 0 Å². The van der Waals surface area contributed by atoms with Gasteiger partial charge in [-0.25, -0.2) is 9.78 Å². The van der Waals surface area contributed by atoms with Gasteiger partial charge in [-0.3, -0.25) is 0 Å². The predicted molar refractivity (Wildman–Crippen MR) is 78.2 cm³/mol. The molecule has 0 amide bonds. The first-order chi connectivity index (χ1) is 9.17. The van der Waals surface area contributed by atoms with Crippen LogP contribution in [0.5, 0.6) is 0 Å². The summed E-state index contributed by atoms with van der Waals surface area (Å²) in [7, 11) is 0. The second-order valence-electron chi connectivity index (χ2n) is 3.65. The van der Waals surface area contributed by atoms with Crippen molar-refractivity contribution in [1.82, 2.24) is 9.97 Å². The minimum Gasteiger partial charge on any atom is -0.402 e. The molecule has 96 valence electrons. The Morgan fingerprint density at radius 1 is 1.26 bits per heavy atom. The second kappa shape index (κ2) is 4.96. The molecule has 3 rings (SSSR count). The van der Waals surface area contributed by atoms with Gasteiger partial charge in [0.15, 0.2) is 14.7 Å². The first-order valence-corrected chi connectivity index (χ1v) is 7.71. The highest BCUT2D eigenvalue weighted by Gasteiger charge is 2.13. The van der Waals surface area contributed by atoms with Gasteiger partial charge in [0.2, 0.25) is 5.89 Å². The predicted octanol–water partition coefficient (Wildman–Crippen LogP) is 3.69. The van der Waals surface area contributed by atoms with Crippen LogP contribution < -0.4 is 5.63 Å². The van der Waals surface area contributed by atoms with E-state index in [2.05, 4.69) is 9.97 Å². The number of fused-ring (bicyclic) bond motifs is 1. The van der Waals surface area contributed by atoms with Gasteiger partial charge in [-0.05, 0) is 30.5 Å². The molecule has 1 aromatic carbocycles. The standard InChI is InChI=1S/C12H7ClN2O2S2/c1-18-12-14-8-10(19-12)15-9(17-11(8)16)6-2-4-7(13)5-3-6/h2-5H,1H3. The smallest absolute Gasteiger partial charge is 0.366 e. The molecule has 7 heteroatoms. The van der Waals surface area contributed by atoms with Crippen molar-refractivity contribution in [2.75, 3.05) is 6.26 Å². The van der Waals surface area contributed by atoms with Crippen molar-refractivity contribution >= 4 is 45.0 Å². The molecule has 2 aromatic heterocycles. The lowest BCUT2D eigenvalue weighted by Crippen LogP contribution is -2.02. The molecule has 0 aliphatic heterocycles. The van der Waals surface area contributed by atoms with Crippen molar-refractivity contribution < 1.29 is 4.42 Å². The van der Waals surface area contributed by atoms with Gasteiger partial charge < -0.3 is 4.42 Å². The Balaban J connectivity index is 2.20. The van der Waals surface area contributed by atoms with Gasteiger partial charge in [-0.15, -0.1) is 0 Å². The molecule has 3 aromatic rings. The normalized spacial score (nSPS) is 11.1. The third kappa shape index (κ3) is 2.39. The highest BCUT2D eigenvalue weighted by atomic mass is 35.5. The number of nitrogens with zero attached hydrogens (tertiary/aromatic N) is 2. The van der Waals surface area contributed by atoms with Gasteiger partial charge in [-0.2, -0.15) is 4.98 Å². The van der Waals surface area contributed by atoms with Crippen molar-refractivity contribution in [2.24, 2.45) is 0 Å². The monoisotopic (exact) mass is 310 g/mol. The summed E-state index contributed by atoms with van der Waals surface area (Å²) >= 11 is 8.68. The highest BCUT2D eigenvalue weighted by molar-refractivity contribution is 8.00. The minimum absolute atomic E-state index is 0.283. The van der Waals surface area contributed by atoms with Crippen molar-refractivity contribution in [3.05, 3.63) is 39.7 Å². The molecule has 0 saturated heterocycles. The molecule has 0 spiro atoms. The third-order valence-corrected chi connectivity index (χ3v) is 4.63. The largest absolute Gasteiger partial charge is 0.402 e. The van der Waals surface area contributed by atoms with Crippen LogP contribution in [0.25, 0.3) is 21.8 Å². The summed E-state index contributed by atoms with van der Waals surface area (Å²) in [4.78, 5) is 21.0. The zero-order chi connectivity index (χ0) is 13.4. The van der Waals surface area contributed by atoms with Crippen molar-refractivity contribution in [2.45, 2.75) is 4.34 Å². The van der Waals surface area contributed by atoms with E-state index in [1.165, 1.54) is 23.1 Å². The van der Waals surface area contributed by atoms with E-state index in [1.54, 1.807) is 24.3 Å². The molecule has 0 fully saturated rings. The van der Waals surface area contributed by atoms with Crippen molar-refractivity contribution in [1.29, 1.82) is 0 Å². The molecule has 0 aliphatic carbocycles. The topological polar surface area (TPSA) is 56.0 Å². The minimum atomic E-state index is -0.466. The first-order valence-electron chi connectivity index (χ1n) is 5.29. The van der Waals surface area contributed by atoms with E-state index in [0.29, 0.717) is 15.4 Å². The maximum atomic E-state index is 11.9. The molecular weight excluding hydrogens is 304 g/mol. The lowest BCUT2D eigenvalue weighted by Gasteiger charge is -1.98. The van der Waals surface area contributed by atoms with E-state index in [4.69, 9.17) is 16.0 Å². The molecular formula is C12H7ClN2O2S2. The number of hydrogen-bond acceptors (Lipinski definition) is 6. The summed E-state index contributed by atoms with van der Waals surface area (Å²) in [5, 5.41) is 0.620. The summed E-state index contributed by atoms with van der Waals surface area (Å²) < 4.78 is 5.99. The second-order valence-corrected chi connectivity index (χ2v) is 6.12. The summed E-state index contributed by atoms with van der Waals surface area (Å²) in [6.07, 6.45) is 1.90. The van der Waals surface area contributed by atoms with Crippen LogP contribution in [-0.4, -0.2) is 16.2 Å². The van der Waals surface area contributed by atoms with Crippen molar-refractivity contribution in [3.8, 4) is 11.5 Å². The van der Waals surface area contributed by atoms with E-state index in [0.717, 1.165) is 4.34 Å². The maximum absolute atomic E-state index is 11.9. The Labute approximate surface area is 121 Å². The fraction of sp³-hybridized carbons (Fsp3) is 0.0833. The van der Waals surface area contributed by atoms with Gasteiger partial charge in [0, 0.05) is 10.6 Å². The lowest BCUT2D eigenvalue weighted by molar-refractivity contribution is 0.517. The molecule has 0 aliphatic rings. The van der Waals surface area contributed by atoms with Crippen LogP contribution in [0.15, 0.2) is 37.8 Å². The summed E-state index contributed by atoms with van der Waals surface area (Å²) in [6, 6.07) is 6.97. The van der Waals surface area contributed by atoms with Crippen LogP contribution >= 0.6 is 34.7 Å². The molecule has 0 radical (unpaired) electrons. The molecule has 0 atom stereocenters. The Morgan fingerprint density at radius 2 is 2.00 bits per heavy atom. The zero-order valence-electron chi connectivity index (χ0n) is 9.71. The molecule has 19 heavy (non-hydrogen) atoms. The van der Waals surface area contributed by atoms with Gasteiger partial charge in [0.25, 0.3) is 0 Å². The Kier molecular flexibility index (Phi) is 3.30. The fourth-order valence-electron chi connectivity index (χ4n) is 1.56. The number of halogens is 1. The SMILES string of the molecule is CSc1nc2c(=O)oc(-c3ccc(Cl)cc3)nc2s1. The average molecular weight is 311 g/mol. The molecule has 4 nitrogen and oxygen atoms in total. The van der Waals surface area contributed by atoms with E-state index in [9.17, 15) is 4.79 Å². The van der Waals surface area contributed by atoms with Crippen LogP contribution in [0.3, 0.4) is 0 Å². The number of aromatic nitrogens is 2. The summed E-state index contributed by atoms with van der Waals surface area (Å²) in [5.74, 6) is 0.283. The Hall–Kier alpha value is -1.37. The maximum Gasteiger partial charge on any atom is 0.366 e. The fourth-order valence-corrected chi connectivity index (χ4v) is 3.09. The van der Waals surface area contributed by atoms with E-state index < -0.39 is 5.63 Å². The third-order valence-electron chi connectivity index (χ3n) is 2.44. The number of benzene rings is 1. The van der Waals surface area contributed by atoms with E-state index in [-0.39, 0.29) is 11.4 Å². The average Bonchev–Trinajstić information content (AvgIpc) is 2.83. The molecule has 0 bridgehead atoms. The van der Waals surface area contributed by atoms with Crippen LogP contribution in [0.4, 0.5) is 0 Å². The lowest BCUT2D eigenvalue weighted by atomic mass is 10.2. The van der Waals surface area contributed by atoms with Crippen LogP contribution in [-0.2, 0) is 0 Å². The molecule has 0 N–H and O–H groups in total. The first kappa shape index (κ1) is 12.7. The van der Waals surface area contributed by atoms with Gasteiger partial charge in [0.05, 0.1) is 0 Å². The highest BCUT2D eigenvalue weighted by Crippen LogP contribution is 2.27. The van der Waals surface area contributed by atoms with Gasteiger partial charge in [-0.1, -0.05) is 34.7 Å². The number of hydrogen-bond donors (Lipinski definition) is 0. The van der Waals surface area contributed by atoms with E-state index in [1.807, 2.05) is 6.26 Å². The quantitative estimate of drug-likeness (QED) is 0.676. The van der Waals surface area contributed by atoms with Crippen LogP contribution in [0.2, 0.25) is 5.02 Å². The van der Waals surface area contributed by atoms with Crippen LogP contribution in [0.1, 0.15) is 0 Å². The Bertz CT molecular complexity index is 796. The molecule has 0 saturated carbocycles. The number of thioether (sulfide) groups is 1. The number of rotatable bonds is 2. The van der Waals surface area contributed by atoms with Crippen molar-refractivity contribution in [3.63, 3.8) is 0 Å². The molecule has 2 heterocycles. The zero-order valence-corrected chi connectivity index (χ0v) is 12.1. The van der Waals surface area contributed by atoms with Gasteiger partial charge >= 0.3 is 5.63 Å². The van der Waals surface area contributed by atoms with E-state index >= 15 is 0 Å². The summed E-state index contributed by atoms with van der Waals surface area (Å²) in [6.45, 7) is 0. The number of thiazole rings is 1.